The van der Waals surface area contributed by atoms with E-state index in [0.29, 0.717) is 21.1 Å². The van der Waals surface area contributed by atoms with Gasteiger partial charge in [0, 0.05) is 0 Å². The molecule has 1 aromatic carbocycles. The third kappa shape index (κ3) is 2.41. The first kappa shape index (κ1) is 15.3. The fraction of sp³-hybridized carbons (Fsp3) is 0.417. The van der Waals surface area contributed by atoms with Crippen LogP contribution in [0.1, 0.15) is 6.23 Å². The molecule has 3 rings (SSSR count). The van der Waals surface area contributed by atoms with Gasteiger partial charge in [0.25, 0.3) is 0 Å². The zero-order chi connectivity index (χ0) is 15.3. The topological polar surface area (TPSA) is 87.7 Å². The summed E-state index contributed by atoms with van der Waals surface area (Å²) in [6.07, 6.45) is -4.36. The van der Waals surface area contributed by atoms with E-state index in [4.69, 9.17) is 44.6 Å². The number of aliphatic hydroxyl groups excluding tert-OH is 3. The second-order valence-corrected chi connectivity index (χ2v) is 5.89. The van der Waals surface area contributed by atoms with Gasteiger partial charge in [0.05, 0.1) is 27.7 Å². The zero-order valence-electron chi connectivity index (χ0n) is 10.4. The Labute approximate surface area is 134 Å². The molecule has 1 fully saturated rings. The summed E-state index contributed by atoms with van der Waals surface area (Å²) in [5.41, 5.74) is 0.983. The Morgan fingerprint density at radius 1 is 1.14 bits per heavy atom. The van der Waals surface area contributed by atoms with E-state index in [1.165, 1.54) is 4.57 Å². The lowest BCUT2D eigenvalue weighted by atomic mass is 10.1. The molecule has 114 valence electrons. The number of halogens is 3. The van der Waals surface area contributed by atoms with Crippen molar-refractivity contribution >= 4 is 45.8 Å². The van der Waals surface area contributed by atoms with Crippen LogP contribution in [0.2, 0.25) is 15.3 Å². The molecule has 3 N–H and O–H groups in total. The van der Waals surface area contributed by atoms with Gasteiger partial charge in [-0.1, -0.05) is 23.2 Å². The fourth-order valence-corrected chi connectivity index (χ4v) is 2.99. The Morgan fingerprint density at radius 3 is 2.43 bits per heavy atom. The molecule has 1 aromatic heterocycles. The van der Waals surface area contributed by atoms with Gasteiger partial charge in [0.1, 0.15) is 18.3 Å². The summed E-state index contributed by atoms with van der Waals surface area (Å²) in [7, 11) is 0. The average Bonchev–Trinajstić information content (AvgIpc) is 2.89. The van der Waals surface area contributed by atoms with Crippen LogP contribution in [-0.4, -0.2) is 49.8 Å². The number of aliphatic hydroxyl groups is 3. The molecule has 1 aliphatic heterocycles. The summed E-state index contributed by atoms with van der Waals surface area (Å²) >= 11 is 18.0. The number of hydrogen-bond acceptors (Lipinski definition) is 5. The molecule has 0 radical (unpaired) electrons. The van der Waals surface area contributed by atoms with Crippen molar-refractivity contribution in [3.63, 3.8) is 0 Å². The van der Waals surface area contributed by atoms with Crippen LogP contribution in [0.5, 0.6) is 0 Å². The molecule has 0 spiro atoms. The van der Waals surface area contributed by atoms with E-state index in [9.17, 15) is 10.2 Å². The fourth-order valence-electron chi connectivity index (χ4n) is 2.40. The van der Waals surface area contributed by atoms with Crippen molar-refractivity contribution in [1.29, 1.82) is 0 Å². The Balaban J connectivity index is 2.12. The van der Waals surface area contributed by atoms with Gasteiger partial charge >= 0.3 is 0 Å². The number of aromatic nitrogens is 2. The highest BCUT2D eigenvalue weighted by Crippen LogP contribution is 2.36. The molecule has 1 aliphatic rings. The van der Waals surface area contributed by atoms with Crippen LogP contribution >= 0.6 is 34.8 Å². The Hall–Kier alpha value is -0.600. The van der Waals surface area contributed by atoms with Crippen LogP contribution in [0.3, 0.4) is 0 Å². The van der Waals surface area contributed by atoms with Crippen molar-refractivity contribution in [3.05, 3.63) is 27.5 Å². The SMILES string of the molecule is OC[C@H]1OC(n2c(Cl)nc3cc(Cl)c(Cl)cc32)[C@@H](O)[C@H]1O. The third-order valence-electron chi connectivity index (χ3n) is 3.46. The molecule has 2 aromatic rings. The first-order chi connectivity index (χ1) is 9.93. The highest BCUT2D eigenvalue weighted by Gasteiger charge is 2.44. The molecule has 0 bridgehead atoms. The molecule has 1 unspecified atom stereocenters. The van der Waals surface area contributed by atoms with E-state index in [1.807, 2.05) is 0 Å². The quantitative estimate of drug-likeness (QED) is 0.763. The molecule has 0 aliphatic carbocycles. The predicted octanol–water partition coefficient (Wildman–Crippen LogP) is 1.61. The molecule has 21 heavy (non-hydrogen) atoms. The largest absolute Gasteiger partial charge is 0.394 e. The minimum Gasteiger partial charge on any atom is -0.394 e. The summed E-state index contributed by atoms with van der Waals surface area (Å²) in [5.74, 6) is 0. The van der Waals surface area contributed by atoms with Crippen LogP contribution in [-0.2, 0) is 4.74 Å². The van der Waals surface area contributed by atoms with E-state index in [2.05, 4.69) is 4.98 Å². The minimum absolute atomic E-state index is 0.0539. The van der Waals surface area contributed by atoms with E-state index in [1.54, 1.807) is 12.1 Å². The van der Waals surface area contributed by atoms with Crippen LogP contribution in [0.15, 0.2) is 12.1 Å². The van der Waals surface area contributed by atoms with E-state index >= 15 is 0 Å². The molecule has 2 heterocycles. The third-order valence-corrected chi connectivity index (χ3v) is 4.45. The number of fused-ring (bicyclic) bond motifs is 1. The van der Waals surface area contributed by atoms with E-state index in [-0.39, 0.29) is 5.28 Å². The highest BCUT2D eigenvalue weighted by molar-refractivity contribution is 6.42. The second-order valence-electron chi connectivity index (χ2n) is 4.73. The van der Waals surface area contributed by atoms with Gasteiger partial charge in [-0.05, 0) is 23.7 Å². The lowest BCUT2D eigenvalue weighted by Crippen LogP contribution is -2.33. The van der Waals surface area contributed by atoms with Crippen molar-refractivity contribution in [1.82, 2.24) is 9.55 Å². The second kappa shape index (κ2) is 5.55. The van der Waals surface area contributed by atoms with E-state index in [0.717, 1.165) is 0 Å². The summed E-state index contributed by atoms with van der Waals surface area (Å²) in [4.78, 5) is 4.12. The first-order valence-corrected chi connectivity index (χ1v) is 7.22. The van der Waals surface area contributed by atoms with Crippen LogP contribution in [0, 0.1) is 0 Å². The number of hydrogen-bond donors (Lipinski definition) is 3. The lowest BCUT2D eigenvalue weighted by molar-refractivity contribution is -0.0507. The van der Waals surface area contributed by atoms with Gasteiger partial charge < -0.3 is 20.1 Å². The maximum absolute atomic E-state index is 10.1. The zero-order valence-corrected chi connectivity index (χ0v) is 12.7. The Bertz CT molecular complexity index is 693. The number of nitrogens with zero attached hydrogens (tertiary/aromatic N) is 2. The summed E-state index contributed by atoms with van der Waals surface area (Å²) in [6.45, 7) is -0.425. The number of rotatable bonds is 2. The van der Waals surface area contributed by atoms with Gasteiger partial charge in [0.2, 0.25) is 5.28 Å². The number of ether oxygens (including phenoxy) is 1. The van der Waals surface area contributed by atoms with Crippen molar-refractivity contribution < 1.29 is 20.1 Å². The minimum atomic E-state index is -1.26. The standard InChI is InChI=1S/C12H11Cl3N2O4/c13-4-1-6-7(2-5(4)14)17(12(15)16-6)11-10(20)9(19)8(3-18)21-11/h1-2,8-11,18-20H,3H2/t8-,9+,10+,11?/m1/s1. The number of benzene rings is 1. The van der Waals surface area contributed by atoms with Crippen molar-refractivity contribution in [2.75, 3.05) is 6.61 Å². The van der Waals surface area contributed by atoms with Crippen molar-refractivity contribution in [3.8, 4) is 0 Å². The van der Waals surface area contributed by atoms with Gasteiger partial charge in [-0.15, -0.1) is 0 Å². The predicted molar refractivity (Wildman–Crippen MR) is 77.8 cm³/mol. The number of imidazole rings is 1. The van der Waals surface area contributed by atoms with Gasteiger partial charge in [0.15, 0.2) is 6.23 Å². The molecule has 0 amide bonds. The first-order valence-electron chi connectivity index (χ1n) is 6.09. The van der Waals surface area contributed by atoms with Crippen molar-refractivity contribution in [2.45, 2.75) is 24.5 Å². The summed E-state index contributed by atoms with van der Waals surface area (Å²) < 4.78 is 6.86. The van der Waals surface area contributed by atoms with Crippen LogP contribution < -0.4 is 0 Å². The highest BCUT2D eigenvalue weighted by atomic mass is 35.5. The molecule has 6 nitrogen and oxygen atoms in total. The van der Waals surface area contributed by atoms with Gasteiger partial charge in [-0.3, -0.25) is 4.57 Å². The molecule has 9 heteroatoms. The molecule has 4 atom stereocenters. The summed E-state index contributed by atoms with van der Waals surface area (Å²) in [6, 6.07) is 3.09. The normalized spacial score (nSPS) is 29.4. The molecule has 1 saturated heterocycles. The summed E-state index contributed by atoms with van der Waals surface area (Å²) in [5, 5.41) is 29.7. The molecular formula is C12H11Cl3N2O4. The van der Waals surface area contributed by atoms with Crippen molar-refractivity contribution in [2.24, 2.45) is 0 Å². The van der Waals surface area contributed by atoms with Crippen LogP contribution in [0.25, 0.3) is 11.0 Å². The maximum Gasteiger partial charge on any atom is 0.206 e. The molecular weight excluding hydrogens is 343 g/mol. The van der Waals surface area contributed by atoms with Gasteiger partial charge in [-0.25, -0.2) is 4.98 Å². The smallest absolute Gasteiger partial charge is 0.206 e. The Morgan fingerprint density at radius 2 is 1.81 bits per heavy atom. The lowest BCUT2D eigenvalue weighted by Gasteiger charge is -2.18. The Kier molecular flexibility index (Phi) is 4.04. The van der Waals surface area contributed by atoms with Gasteiger partial charge in [-0.2, -0.15) is 0 Å². The van der Waals surface area contributed by atoms with Crippen LogP contribution in [0.4, 0.5) is 0 Å². The van der Waals surface area contributed by atoms with E-state index < -0.39 is 31.1 Å². The monoisotopic (exact) mass is 352 g/mol. The molecule has 0 saturated carbocycles. The average molecular weight is 354 g/mol. The maximum atomic E-state index is 10.1.